The number of carbonyl (C=O) groups is 2. The lowest BCUT2D eigenvalue weighted by Crippen LogP contribution is -2.54. The van der Waals surface area contributed by atoms with Crippen LogP contribution in [-0.2, 0) is 11.3 Å². The highest BCUT2D eigenvalue weighted by molar-refractivity contribution is 6.30. The summed E-state index contributed by atoms with van der Waals surface area (Å²) in [5, 5.41) is 6.16. The van der Waals surface area contributed by atoms with Crippen molar-refractivity contribution < 1.29 is 9.59 Å². The van der Waals surface area contributed by atoms with Gasteiger partial charge in [-0.05, 0) is 17.7 Å². The molecule has 1 aliphatic heterocycles. The van der Waals surface area contributed by atoms with E-state index in [1.54, 1.807) is 17.0 Å². The molecule has 1 aromatic carbocycles. The van der Waals surface area contributed by atoms with Crippen molar-refractivity contribution in [3.05, 3.63) is 64.9 Å². The van der Waals surface area contributed by atoms with Crippen molar-refractivity contribution in [3.63, 3.8) is 0 Å². The minimum absolute atomic E-state index is 0.174. The Labute approximate surface area is 144 Å². The lowest BCUT2D eigenvalue weighted by Gasteiger charge is -2.35. The van der Waals surface area contributed by atoms with E-state index >= 15 is 0 Å². The molecule has 0 bridgehead atoms. The van der Waals surface area contributed by atoms with Gasteiger partial charge in [-0.25, -0.2) is 4.79 Å². The zero-order valence-corrected chi connectivity index (χ0v) is 13.7. The predicted molar refractivity (Wildman–Crippen MR) is 90.4 cm³/mol. The van der Waals surface area contributed by atoms with Gasteiger partial charge in [0.2, 0.25) is 5.91 Å². The molecule has 3 rings (SSSR count). The van der Waals surface area contributed by atoms with E-state index in [9.17, 15) is 9.59 Å². The van der Waals surface area contributed by atoms with Gasteiger partial charge in [-0.15, -0.1) is 0 Å². The lowest BCUT2D eigenvalue weighted by molar-refractivity contribution is -0.127. The second kappa shape index (κ2) is 7.31. The number of piperazine rings is 1. The largest absolute Gasteiger partial charge is 0.352 e. The fraction of sp³-hybridized carbons (Fsp3) is 0.235. The molecule has 7 heteroatoms. The van der Waals surface area contributed by atoms with E-state index in [2.05, 4.69) is 15.6 Å². The Hall–Kier alpha value is -2.60. The van der Waals surface area contributed by atoms with E-state index in [0.717, 1.165) is 5.56 Å². The number of hydrogen-bond donors (Lipinski definition) is 2. The van der Waals surface area contributed by atoms with Crippen LogP contribution in [0, 0.1) is 0 Å². The first-order valence-corrected chi connectivity index (χ1v) is 8.00. The molecule has 0 spiro atoms. The summed E-state index contributed by atoms with van der Waals surface area (Å²) < 4.78 is 0. The molecular weight excluding hydrogens is 328 g/mol. The molecule has 1 aliphatic rings. The number of halogens is 1. The quantitative estimate of drug-likeness (QED) is 0.895. The zero-order chi connectivity index (χ0) is 16.9. The number of benzene rings is 1. The smallest absolute Gasteiger partial charge is 0.318 e. The number of urea groups is 1. The zero-order valence-electron chi connectivity index (χ0n) is 12.9. The number of pyridine rings is 1. The third kappa shape index (κ3) is 3.65. The molecule has 124 valence electrons. The maximum absolute atomic E-state index is 12.5. The summed E-state index contributed by atoms with van der Waals surface area (Å²) in [6, 6.07) is 11.8. The lowest BCUT2D eigenvalue weighted by atomic mass is 10.0. The van der Waals surface area contributed by atoms with Crippen LogP contribution in [0.1, 0.15) is 17.3 Å². The summed E-state index contributed by atoms with van der Waals surface area (Å²) in [6.45, 7) is 1.16. The number of carbonyl (C=O) groups excluding carboxylic acids is 2. The molecule has 6 nitrogen and oxygen atoms in total. The number of rotatable bonds is 3. The van der Waals surface area contributed by atoms with Crippen LogP contribution in [0.2, 0.25) is 5.02 Å². The van der Waals surface area contributed by atoms with Gasteiger partial charge in [0.1, 0.15) is 6.04 Å². The Balaban J connectivity index is 1.71. The van der Waals surface area contributed by atoms with E-state index in [4.69, 9.17) is 11.6 Å². The van der Waals surface area contributed by atoms with Crippen molar-refractivity contribution in [2.75, 3.05) is 13.1 Å². The molecular formula is C17H17ClN4O2. The molecule has 1 saturated heterocycles. The van der Waals surface area contributed by atoms with Crippen LogP contribution in [-0.4, -0.2) is 34.9 Å². The van der Waals surface area contributed by atoms with Gasteiger partial charge >= 0.3 is 6.03 Å². The number of amides is 3. The Bertz CT molecular complexity index is 721. The van der Waals surface area contributed by atoms with Crippen molar-refractivity contribution in [1.29, 1.82) is 0 Å². The minimum atomic E-state index is -0.627. The Kier molecular flexibility index (Phi) is 4.96. The van der Waals surface area contributed by atoms with Gasteiger partial charge in [0.25, 0.3) is 0 Å². The maximum Gasteiger partial charge on any atom is 0.318 e. The Morgan fingerprint density at radius 2 is 2.08 bits per heavy atom. The van der Waals surface area contributed by atoms with Crippen molar-refractivity contribution in [1.82, 2.24) is 20.5 Å². The topological polar surface area (TPSA) is 74.3 Å². The van der Waals surface area contributed by atoms with E-state index in [-0.39, 0.29) is 18.5 Å². The predicted octanol–water partition coefficient (Wildman–Crippen LogP) is 2.12. The molecule has 0 radical (unpaired) electrons. The summed E-state index contributed by atoms with van der Waals surface area (Å²) in [7, 11) is 0. The first-order chi connectivity index (χ1) is 11.6. The molecule has 0 aliphatic carbocycles. The molecule has 3 amide bonds. The highest BCUT2D eigenvalue weighted by atomic mass is 35.5. The van der Waals surface area contributed by atoms with E-state index in [0.29, 0.717) is 23.8 Å². The second-order valence-corrected chi connectivity index (χ2v) is 5.86. The molecule has 1 aromatic heterocycles. The van der Waals surface area contributed by atoms with Gasteiger partial charge in [-0.2, -0.15) is 0 Å². The van der Waals surface area contributed by atoms with Gasteiger partial charge in [-0.3, -0.25) is 9.78 Å². The Morgan fingerprint density at radius 3 is 2.79 bits per heavy atom. The van der Waals surface area contributed by atoms with Crippen LogP contribution in [0.4, 0.5) is 4.79 Å². The first-order valence-electron chi connectivity index (χ1n) is 7.63. The van der Waals surface area contributed by atoms with Crippen molar-refractivity contribution in [2.45, 2.75) is 12.6 Å². The van der Waals surface area contributed by atoms with Crippen LogP contribution in [0.25, 0.3) is 0 Å². The average Bonchev–Trinajstić information content (AvgIpc) is 2.61. The molecule has 2 heterocycles. The van der Waals surface area contributed by atoms with Gasteiger partial charge in [0.15, 0.2) is 0 Å². The van der Waals surface area contributed by atoms with E-state index in [1.165, 1.54) is 6.20 Å². The van der Waals surface area contributed by atoms with Crippen LogP contribution < -0.4 is 10.6 Å². The fourth-order valence-electron chi connectivity index (χ4n) is 2.63. The standard InChI is InChI=1S/C17H17ClN4O2/c18-13-6-7-14(20-10-13)11-21-17(24)22-9-8-19-16(23)15(22)12-4-2-1-3-5-12/h1-7,10,15H,8-9,11H2,(H,19,23)(H,21,24)/t15-/m1/s1. The number of aromatic nitrogens is 1. The van der Waals surface area contributed by atoms with Gasteiger partial charge in [-0.1, -0.05) is 41.9 Å². The van der Waals surface area contributed by atoms with Crippen molar-refractivity contribution in [2.24, 2.45) is 0 Å². The third-order valence-electron chi connectivity index (χ3n) is 3.80. The normalized spacial score (nSPS) is 17.3. The maximum atomic E-state index is 12.5. The van der Waals surface area contributed by atoms with Crippen molar-refractivity contribution in [3.8, 4) is 0 Å². The monoisotopic (exact) mass is 344 g/mol. The highest BCUT2D eigenvalue weighted by Crippen LogP contribution is 2.23. The number of hydrogen-bond acceptors (Lipinski definition) is 3. The molecule has 1 atom stereocenters. The second-order valence-electron chi connectivity index (χ2n) is 5.42. The van der Waals surface area contributed by atoms with Crippen LogP contribution in [0.5, 0.6) is 0 Å². The average molecular weight is 345 g/mol. The van der Waals surface area contributed by atoms with Crippen LogP contribution >= 0.6 is 11.6 Å². The molecule has 24 heavy (non-hydrogen) atoms. The number of nitrogens with one attached hydrogen (secondary N) is 2. The molecule has 0 saturated carbocycles. The van der Waals surface area contributed by atoms with Crippen LogP contribution in [0.3, 0.4) is 0 Å². The van der Waals surface area contributed by atoms with Gasteiger partial charge in [0, 0.05) is 19.3 Å². The van der Waals surface area contributed by atoms with Gasteiger partial charge < -0.3 is 15.5 Å². The van der Waals surface area contributed by atoms with Crippen LogP contribution in [0.15, 0.2) is 48.7 Å². The summed E-state index contributed by atoms with van der Waals surface area (Å²) >= 11 is 5.80. The molecule has 2 aromatic rings. The van der Waals surface area contributed by atoms with E-state index < -0.39 is 6.04 Å². The number of nitrogens with zero attached hydrogens (tertiary/aromatic N) is 2. The van der Waals surface area contributed by atoms with Gasteiger partial charge in [0.05, 0.1) is 17.3 Å². The van der Waals surface area contributed by atoms with Crippen molar-refractivity contribution >= 4 is 23.5 Å². The minimum Gasteiger partial charge on any atom is -0.352 e. The summed E-state index contributed by atoms with van der Waals surface area (Å²) in [5.41, 5.74) is 1.49. The summed E-state index contributed by atoms with van der Waals surface area (Å²) in [6.07, 6.45) is 1.53. The molecule has 2 N–H and O–H groups in total. The third-order valence-corrected chi connectivity index (χ3v) is 4.02. The summed E-state index contributed by atoms with van der Waals surface area (Å²) in [4.78, 5) is 30.5. The van der Waals surface area contributed by atoms with E-state index in [1.807, 2.05) is 30.3 Å². The Morgan fingerprint density at radius 1 is 1.29 bits per heavy atom. The fourth-order valence-corrected chi connectivity index (χ4v) is 2.74. The highest BCUT2D eigenvalue weighted by Gasteiger charge is 2.34. The molecule has 0 unspecified atom stereocenters. The molecule has 1 fully saturated rings. The SMILES string of the molecule is O=C1NCCN(C(=O)NCc2ccc(Cl)cn2)[C@@H]1c1ccccc1. The summed E-state index contributed by atoms with van der Waals surface area (Å²) in [5.74, 6) is -0.174. The first kappa shape index (κ1) is 16.3.